The third-order valence-electron chi connectivity index (χ3n) is 3.64. The van der Waals surface area contributed by atoms with Gasteiger partial charge in [-0.1, -0.05) is 18.2 Å². The second-order valence-electron chi connectivity index (χ2n) is 5.44. The van der Waals surface area contributed by atoms with Gasteiger partial charge in [0.15, 0.2) is 10.8 Å². The van der Waals surface area contributed by atoms with E-state index in [4.69, 9.17) is 22.1 Å². The molecule has 11 heteroatoms. The lowest BCUT2D eigenvalue weighted by atomic mass is 10.1. The van der Waals surface area contributed by atoms with Crippen molar-refractivity contribution in [2.24, 2.45) is 10.2 Å². The van der Waals surface area contributed by atoms with Crippen LogP contribution in [0.4, 0.5) is 11.4 Å². The Hall–Kier alpha value is -3.02. The van der Waals surface area contributed by atoms with Gasteiger partial charge in [-0.15, -0.1) is 0 Å². The van der Waals surface area contributed by atoms with Gasteiger partial charge < -0.3 is 15.4 Å². The molecule has 0 saturated carbocycles. The number of hydrogen-bond donors (Lipinski definition) is 4. The van der Waals surface area contributed by atoms with Crippen molar-refractivity contribution in [3.05, 3.63) is 48.0 Å². The molecule has 140 valence electrons. The zero-order valence-corrected chi connectivity index (χ0v) is 15.6. The van der Waals surface area contributed by atoms with Crippen molar-refractivity contribution in [3.63, 3.8) is 0 Å². The minimum absolute atomic E-state index is 0.0576. The number of carbonyl (C=O) groups excluding carboxylic acids is 1. The lowest BCUT2D eigenvalue weighted by Gasteiger charge is -2.08. The summed E-state index contributed by atoms with van der Waals surface area (Å²) >= 11 is 5.13. The van der Waals surface area contributed by atoms with E-state index < -0.39 is 15.9 Å². The Kier molecular flexibility index (Phi) is 5.08. The molecule has 0 atom stereocenters. The molecule has 0 saturated heterocycles. The minimum atomic E-state index is -3.83. The van der Waals surface area contributed by atoms with Crippen molar-refractivity contribution in [2.75, 3.05) is 17.7 Å². The normalized spacial score (nSPS) is 14.4. The fourth-order valence-electron chi connectivity index (χ4n) is 2.45. The number of rotatable bonds is 4. The van der Waals surface area contributed by atoms with Gasteiger partial charge in [-0.3, -0.25) is 10.2 Å². The van der Waals surface area contributed by atoms with E-state index in [2.05, 4.69) is 21.2 Å². The summed E-state index contributed by atoms with van der Waals surface area (Å²) in [5.41, 5.74) is 4.22. The van der Waals surface area contributed by atoms with E-state index in [1.54, 1.807) is 24.3 Å². The van der Waals surface area contributed by atoms with Crippen molar-refractivity contribution in [3.8, 4) is 5.75 Å². The number of carbonyl (C=O) groups is 1. The number of primary sulfonamides is 1. The summed E-state index contributed by atoms with van der Waals surface area (Å²) in [7, 11) is -2.33. The standard InChI is InChI=1S/C16H15N5O4S2/c1-25-12-7-3-6-11-13(12)19-15(22)14(11)20-21-16(26)18-9-4-2-5-10(8-9)27(17,23)24/h2-8H,1H3,(H2,17,23,24)(H2,18,21,26)(H,19,20,22). The topological polar surface area (TPSA) is 135 Å². The highest BCUT2D eigenvalue weighted by Gasteiger charge is 2.28. The van der Waals surface area contributed by atoms with Gasteiger partial charge in [0.2, 0.25) is 10.0 Å². The van der Waals surface area contributed by atoms with Crippen LogP contribution in [-0.4, -0.2) is 32.3 Å². The van der Waals surface area contributed by atoms with E-state index in [1.807, 2.05) is 0 Å². The molecule has 0 radical (unpaired) electrons. The Labute approximate surface area is 160 Å². The number of nitrogens with two attached hydrogens (primary N) is 1. The van der Waals surface area contributed by atoms with Crippen molar-refractivity contribution in [1.29, 1.82) is 0 Å². The fourth-order valence-corrected chi connectivity index (χ4v) is 3.17. The van der Waals surface area contributed by atoms with Gasteiger partial charge in [0.05, 0.1) is 17.7 Å². The van der Waals surface area contributed by atoms with E-state index in [0.717, 1.165) is 0 Å². The van der Waals surface area contributed by atoms with Crippen LogP contribution in [0.15, 0.2) is 52.5 Å². The van der Waals surface area contributed by atoms with Crippen molar-refractivity contribution in [2.45, 2.75) is 4.90 Å². The Balaban J connectivity index is 1.76. The van der Waals surface area contributed by atoms with E-state index >= 15 is 0 Å². The monoisotopic (exact) mass is 405 g/mol. The summed E-state index contributed by atoms with van der Waals surface area (Å²) < 4.78 is 28.0. The molecule has 0 aromatic heterocycles. The first kappa shape index (κ1) is 18.8. The lowest BCUT2D eigenvalue weighted by Crippen LogP contribution is -2.27. The molecule has 0 spiro atoms. The van der Waals surface area contributed by atoms with Gasteiger partial charge in [0, 0.05) is 11.3 Å². The summed E-state index contributed by atoms with van der Waals surface area (Å²) in [4.78, 5) is 12.1. The number of nitrogens with zero attached hydrogens (tertiary/aromatic N) is 1. The van der Waals surface area contributed by atoms with Gasteiger partial charge in [0.25, 0.3) is 5.91 Å². The second kappa shape index (κ2) is 7.31. The number of methoxy groups -OCH3 is 1. The molecule has 0 fully saturated rings. The number of thiocarbonyl (C=S) groups is 1. The number of para-hydroxylation sites is 1. The van der Waals surface area contributed by atoms with Gasteiger partial charge in [-0.05, 0) is 36.5 Å². The number of ether oxygens (including phenoxy) is 1. The Bertz CT molecular complexity index is 1070. The average Bonchev–Trinajstić information content (AvgIpc) is 2.94. The summed E-state index contributed by atoms with van der Waals surface area (Å²) in [5, 5.41) is 14.7. The van der Waals surface area contributed by atoms with Crippen molar-refractivity contribution in [1.82, 2.24) is 5.43 Å². The van der Waals surface area contributed by atoms with Gasteiger partial charge >= 0.3 is 0 Å². The molecule has 27 heavy (non-hydrogen) atoms. The van der Waals surface area contributed by atoms with Crippen LogP contribution >= 0.6 is 12.2 Å². The molecule has 0 aliphatic carbocycles. The van der Waals surface area contributed by atoms with Crippen LogP contribution in [0.5, 0.6) is 5.75 Å². The molecule has 0 bridgehead atoms. The summed E-state index contributed by atoms with van der Waals surface area (Å²) in [6.45, 7) is 0. The number of amides is 1. The smallest absolute Gasteiger partial charge is 0.276 e. The minimum Gasteiger partial charge on any atom is -0.495 e. The summed E-state index contributed by atoms with van der Waals surface area (Å²) in [6.07, 6.45) is 0. The highest BCUT2D eigenvalue weighted by molar-refractivity contribution is 7.89. The molecule has 1 aliphatic rings. The van der Waals surface area contributed by atoms with E-state index in [1.165, 1.54) is 25.3 Å². The predicted molar refractivity (Wildman–Crippen MR) is 105 cm³/mol. The van der Waals surface area contributed by atoms with Crippen molar-refractivity contribution < 1.29 is 17.9 Å². The van der Waals surface area contributed by atoms with Crippen LogP contribution < -0.4 is 25.9 Å². The largest absolute Gasteiger partial charge is 0.495 e. The quantitative estimate of drug-likeness (QED) is 0.440. The number of anilines is 2. The number of hydrogen-bond acceptors (Lipinski definition) is 6. The zero-order valence-electron chi connectivity index (χ0n) is 14.0. The predicted octanol–water partition coefficient (Wildman–Crippen LogP) is 0.985. The lowest BCUT2D eigenvalue weighted by molar-refractivity contribution is -0.110. The van der Waals surface area contributed by atoms with Gasteiger partial charge in [-0.2, -0.15) is 5.10 Å². The highest BCUT2D eigenvalue weighted by atomic mass is 32.2. The Morgan fingerprint density at radius 2 is 2.00 bits per heavy atom. The summed E-state index contributed by atoms with van der Waals surface area (Å²) in [5.74, 6) is 0.118. The molecule has 0 unspecified atom stereocenters. The molecule has 2 aromatic carbocycles. The molecule has 1 aliphatic heterocycles. The fraction of sp³-hybridized carbons (Fsp3) is 0.0625. The number of fused-ring (bicyclic) bond motifs is 1. The highest BCUT2D eigenvalue weighted by Crippen LogP contribution is 2.32. The number of sulfonamides is 1. The maximum atomic E-state index is 12.1. The van der Waals surface area contributed by atoms with E-state index in [-0.39, 0.29) is 15.7 Å². The Morgan fingerprint density at radius 3 is 2.70 bits per heavy atom. The molecular weight excluding hydrogens is 390 g/mol. The zero-order chi connectivity index (χ0) is 19.6. The van der Waals surface area contributed by atoms with Gasteiger partial charge in [0.1, 0.15) is 5.75 Å². The molecule has 9 nitrogen and oxygen atoms in total. The van der Waals surface area contributed by atoms with Crippen LogP contribution in [0.3, 0.4) is 0 Å². The molecule has 5 N–H and O–H groups in total. The second-order valence-corrected chi connectivity index (χ2v) is 7.41. The van der Waals surface area contributed by atoms with Crippen LogP contribution in [0.25, 0.3) is 0 Å². The maximum Gasteiger partial charge on any atom is 0.276 e. The number of nitrogens with one attached hydrogen (secondary N) is 3. The molecule has 1 amide bonds. The Morgan fingerprint density at radius 1 is 1.26 bits per heavy atom. The number of hydrazone groups is 1. The maximum absolute atomic E-state index is 12.1. The van der Waals surface area contributed by atoms with Crippen molar-refractivity contribution >= 4 is 50.3 Å². The molecule has 3 rings (SSSR count). The van der Waals surface area contributed by atoms with E-state index in [9.17, 15) is 13.2 Å². The summed E-state index contributed by atoms with van der Waals surface area (Å²) in [6, 6.07) is 11.0. The van der Waals surface area contributed by atoms with Crippen LogP contribution in [-0.2, 0) is 14.8 Å². The first-order chi connectivity index (χ1) is 12.8. The van der Waals surface area contributed by atoms with Crippen LogP contribution in [0.1, 0.15) is 5.56 Å². The molecule has 1 heterocycles. The number of benzene rings is 2. The van der Waals surface area contributed by atoms with Gasteiger partial charge in [-0.25, -0.2) is 13.6 Å². The molecular formula is C16H15N5O4S2. The SMILES string of the molecule is COc1cccc2c1NC(=O)C2=NNC(=S)Nc1cccc(S(N)(=O)=O)c1. The van der Waals surface area contributed by atoms with Crippen LogP contribution in [0.2, 0.25) is 0 Å². The average molecular weight is 405 g/mol. The first-order valence-electron chi connectivity index (χ1n) is 7.56. The van der Waals surface area contributed by atoms with E-state index in [0.29, 0.717) is 22.7 Å². The third-order valence-corrected chi connectivity index (χ3v) is 4.75. The van der Waals surface area contributed by atoms with Crippen LogP contribution in [0, 0.1) is 0 Å². The third kappa shape index (κ3) is 4.05. The molecule has 2 aromatic rings. The first-order valence-corrected chi connectivity index (χ1v) is 9.51.